The number of rotatable bonds is 6. The van der Waals surface area contributed by atoms with E-state index in [1.807, 2.05) is 12.1 Å². The van der Waals surface area contributed by atoms with Crippen molar-refractivity contribution in [3.05, 3.63) is 24.3 Å². The van der Waals surface area contributed by atoms with Crippen LogP contribution in [0.4, 0.5) is 5.69 Å². The third-order valence-electron chi connectivity index (χ3n) is 4.37. The Kier molecular flexibility index (Phi) is 4.43. The lowest BCUT2D eigenvalue weighted by molar-refractivity contribution is 0.146. The smallest absolute Gasteiger partial charge is 0.119 e. The van der Waals surface area contributed by atoms with E-state index in [1.165, 1.54) is 38.0 Å². The number of nitrogens with zero attached hydrogens (tertiary/aromatic N) is 1. The average Bonchev–Trinajstić information content (AvgIpc) is 3.06. The summed E-state index contributed by atoms with van der Waals surface area (Å²) in [5.74, 6) is 0.904. The lowest BCUT2D eigenvalue weighted by Gasteiger charge is -2.22. The summed E-state index contributed by atoms with van der Waals surface area (Å²) in [6, 6.07) is 9.63. The van der Waals surface area contributed by atoms with Gasteiger partial charge in [-0.25, -0.2) is 0 Å². The molecule has 2 saturated heterocycles. The molecule has 4 heteroatoms. The van der Waals surface area contributed by atoms with Crippen LogP contribution in [0.3, 0.4) is 0 Å². The van der Waals surface area contributed by atoms with Crippen LogP contribution in [0, 0.1) is 0 Å². The first-order valence-electron chi connectivity index (χ1n) is 7.59. The van der Waals surface area contributed by atoms with Crippen LogP contribution in [-0.4, -0.2) is 50.4 Å². The summed E-state index contributed by atoms with van der Waals surface area (Å²) in [5, 5.41) is 3.68. The Bertz CT molecular complexity index is 421. The van der Waals surface area contributed by atoms with Gasteiger partial charge < -0.3 is 14.8 Å². The van der Waals surface area contributed by atoms with Crippen LogP contribution in [0.5, 0.6) is 5.75 Å². The van der Waals surface area contributed by atoms with Crippen LogP contribution in [0.25, 0.3) is 0 Å². The molecule has 4 nitrogen and oxygen atoms in total. The summed E-state index contributed by atoms with van der Waals surface area (Å²) in [6.45, 7) is 3.76. The molecule has 0 aromatic heterocycles. The molecule has 1 N–H and O–H groups in total. The molecule has 2 fully saturated rings. The highest BCUT2D eigenvalue weighted by molar-refractivity contribution is 5.47. The number of hydrogen-bond acceptors (Lipinski definition) is 4. The molecule has 2 unspecified atom stereocenters. The fourth-order valence-electron chi connectivity index (χ4n) is 3.36. The van der Waals surface area contributed by atoms with Crippen molar-refractivity contribution in [1.82, 2.24) is 4.90 Å². The number of nitrogens with one attached hydrogen (secondary N) is 1. The van der Waals surface area contributed by atoms with Crippen molar-refractivity contribution in [2.24, 2.45) is 0 Å². The lowest BCUT2D eigenvalue weighted by Crippen LogP contribution is -2.33. The standard InChI is InChI=1S/C16H24N2O2/c1-19-11-12-20-14-6-4-13(5-7-14)17-15-8-10-18-9-2-3-16(15)18/h4-7,15-17H,2-3,8-12H2,1H3. The van der Waals surface area contributed by atoms with Crippen molar-refractivity contribution < 1.29 is 9.47 Å². The Balaban J connectivity index is 1.53. The number of benzene rings is 1. The molecule has 0 radical (unpaired) electrons. The Hall–Kier alpha value is -1.26. The highest BCUT2D eigenvalue weighted by atomic mass is 16.5. The number of anilines is 1. The second-order valence-corrected chi connectivity index (χ2v) is 5.65. The first-order chi connectivity index (χ1) is 9.86. The predicted molar refractivity (Wildman–Crippen MR) is 80.4 cm³/mol. The van der Waals surface area contributed by atoms with Gasteiger partial charge in [0.2, 0.25) is 0 Å². The maximum atomic E-state index is 5.58. The maximum Gasteiger partial charge on any atom is 0.119 e. The van der Waals surface area contributed by atoms with E-state index in [9.17, 15) is 0 Å². The first-order valence-corrected chi connectivity index (χ1v) is 7.59. The predicted octanol–water partition coefficient (Wildman–Crippen LogP) is 2.36. The van der Waals surface area contributed by atoms with Crippen molar-refractivity contribution in [3.63, 3.8) is 0 Å². The number of hydrogen-bond donors (Lipinski definition) is 1. The minimum Gasteiger partial charge on any atom is -0.491 e. The molecule has 3 rings (SSSR count). The zero-order valence-corrected chi connectivity index (χ0v) is 12.2. The zero-order valence-electron chi connectivity index (χ0n) is 12.2. The van der Waals surface area contributed by atoms with Gasteiger partial charge in [0.1, 0.15) is 12.4 Å². The third kappa shape index (κ3) is 3.07. The van der Waals surface area contributed by atoms with Gasteiger partial charge in [0.25, 0.3) is 0 Å². The quantitative estimate of drug-likeness (QED) is 0.809. The third-order valence-corrected chi connectivity index (χ3v) is 4.37. The molecule has 20 heavy (non-hydrogen) atoms. The van der Waals surface area contributed by atoms with E-state index in [-0.39, 0.29) is 0 Å². The van der Waals surface area contributed by atoms with E-state index < -0.39 is 0 Å². The Morgan fingerprint density at radius 2 is 2.00 bits per heavy atom. The number of fused-ring (bicyclic) bond motifs is 1. The van der Waals surface area contributed by atoms with Gasteiger partial charge in [-0.3, -0.25) is 4.90 Å². The van der Waals surface area contributed by atoms with E-state index in [0.717, 1.165) is 11.8 Å². The summed E-state index contributed by atoms with van der Waals surface area (Å²) in [6.07, 6.45) is 3.96. The van der Waals surface area contributed by atoms with E-state index in [4.69, 9.17) is 9.47 Å². The van der Waals surface area contributed by atoms with E-state index >= 15 is 0 Å². The molecule has 2 heterocycles. The zero-order chi connectivity index (χ0) is 13.8. The van der Waals surface area contributed by atoms with Crippen LogP contribution in [0.2, 0.25) is 0 Å². The molecule has 0 spiro atoms. The summed E-state index contributed by atoms with van der Waals surface area (Å²) < 4.78 is 10.6. The van der Waals surface area contributed by atoms with Gasteiger partial charge in [-0.2, -0.15) is 0 Å². The number of ether oxygens (including phenoxy) is 2. The topological polar surface area (TPSA) is 33.7 Å². The van der Waals surface area contributed by atoms with E-state index in [1.54, 1.807) is 7.11 Å². The van der Waals surface area contributed by atoms with Crippen LogP contribution in [0.15, 0.2) is 24.3 Å². The van der Waals surface area contributed by atoms with Gasteiger partial charge in [-0.15, -0.1) is 0 Å². The first kappa shape index (κ1) is 13.7. The molecular weight excluding hydrogens is 252 g/mol. The summed E-state index contributed by atoms with van der Waals surface area (Å²) in [4.78, 5) is 2.62. The normalized spacial score (nSPS) is 25.6. The maximum absolute atomic E-state index is 5.58. The fraction of sp³-hybridized carbons (Fsp3) is 0.625. The van der Waals surface area contributed by atoms with Gasteiger partial charge in [-0.05, 0) is 50.1 Å². The highest BCUT2D eigenvalue weighted by Crippen LogP contribution is 2.30. The molecule has 0 saturated carbocycles. The van der Waals surface area contributed by atoms with Gasteiger partial charge in [0.15, 0.2) is 0 Å². The minimum absolute atomic E-state index is 0.600. The Morgan fingerprint density at radius 1 is 1.15 bits per heavy atom. The van der Waals surface area contributed by atoms with Gasteiger partial charge in [-0.1, -0.05) is 0 Å². The van der Waals surface area contributed by atoms with Gasteiger partial charge in [0.05, 0.1) is 6.61 Å². The van der Waals surface area contributed by atoms with Crippen molar-refractivity contribution in [2.45, 2.75) is 31.3 Å². The molecule has 1 aromatic carbocycles. The molecule has 110 valence electrons. The Labute approximate surface area is 121 Å². The van der Waals surface area contributed by atoms with Crippen molar-refractivity contribution in [3.8, 4) is 5.75 Å². The lowest BCUT2D eigenvalue weighted by atomic mass is 10.1. The average molecular weight is 276 g/mol. The molecule has 0 amide bonds. The monoisotopic (exact) mass is 276 g/mol. The molecule has 1 aromatic rings. The van der Waals surface area contributed by atoms with Crippen LogP contribution in [-0.2, 0) is 4.74 Å². The fourth-order valence-corrected chi connectivity index (χ4v) is 3.36. The van der Waals surface area contributed by atoms with Gasteiger partial charge >= 0.3 is 0 Å². The molecular formula is C16H24N2O2. The van der Waals surface area contributed by atoms with Crippen molar-refractivity contribution in [1.29, 1.82) is 0 Å². The molecule has 0 bridgehead atoms. The Morgan fingerprint density at radius 3 is 2.80 bits per heavy atom. The van der Waals surface area contributed by atoms with E-state index in [2.05, 4.69) is 22.3 Å². The summed E-state index contributed by atoms with van der Waals surface area (Å²) in [7, 11) is 1.68. The second-order valence-electron chi connectivity index (χ2n) is 5.65. The second kappa shape index (κ2) is 6.46. The minimum atomic E-state index is 0.600. The highest BCUT2D eigenvalue weighted by Gasteiger charge is 2.36. The largest absolute Gasteiger partial charge is 0.491 e. The van der Waals surface area contributed by atoms with Gasteiger partial charge in [0, 0.05) is 31.4 Å². The van der Waals surface area contributed by atoms with E-state index in [0.29, 0.717) is 19.3 Å². The molecule has 2 atom stereocenters. The summed E-state index contributed by atoms with van der Waals surface area (Å²) >= 11 is 0. The molecule has 2 aliphatic rings. The van der Waals surface area contributed by atoms with Crippen LogP contribution in [0.1, 0.15) is 19.3 Å². The SMILES string of the molecule is COCCOc1ccc(NC2CCN3CCCC23)cc1. The number of methoxy groups -OCH3 is 1. The molecule has 0 aliphatic carbocycles. The van der Waals surface area contributed by atoms with Crippen LogP contribution < -0.4 is 10.1 Å². The molecule has 2 aliphatic heterocycles. The van der Waals surface area contributed by atoms with Crippen molar-refractivity contribution >= 4 is 5.69 Å². The van der Waals surface area contributed by atoms with Crippen LogP contribution >= 0.6 is 0 Å². The summed E-state index contributed by atoms with van der Waals surface area (Å²) in [5.41, 5.74) is 1.20. The van der Waals surface area contributed by atoms with Crippen molar-refractivity contribution in [2.75, 3.05) is 38.7 Å².